The number of nitrogens with zero attached hydrogens (tertiary/aromatic N) is 4. The van der Waals surface area contributed by atoms with E-state index < -0.39 is 0 Å². The maximum absolute atomic E-state index is 4.72. The average Bonchev–Trinajstić information content (AvgIpc) is 2.78. The molecule has 1 N–H and O–H groups in total. The van der Waals surface area contributed by atoms with Crippen LogP contribution in [-0.4, -0.2) is 31.6 Å². The molecule has 5 heteroatoms. The predicted molar refractivity (Wildman–Crippen MR) is 82.0 cm³/mol. The minimum absolute atomic E-state index is 0.393. The molecule has 0 amide bonds. The number of nitrogens with one attached hydrogen (secondary N) is 1. The molecule has 2 aromatic heterocycles. The Morgan fingerprint density at radius 2 is 2.14 bits per heavy atom. The van der Waals surface area contributed by atoms with Crippen molar-refractivity contribution in [3.05, 3.63) is 40.2 Å². The van der Waals surface area contributed by atoms with E-state index in [2.05, 4.69) is 47.8 Å². The highest BCUT2D eigenvalue weighted by Gasteiger charge is 2.20. The van der Waals surface area contributed by atoms with Gasteiger partial charge in [0.2, 0.25) is 0 Å². The van der Waals surface area contributed by atoms with Crippen LogP contribution in [-0.2, 0) is 19.5 Å². The first kappa shape index (κ1) is 14.2. The van der Waals surface area contributed by atoms with Gasteiger partial charge in [-0.15, -0.1) is 0 Å². The Balaban J connectivity index is 1.76. The lowest BCUT2D eigenvalue weighted by atomic mass is 10.0. The molecule has 5 nitrogen and oxygen atoms in total. The number of H-pyrrole nitrogens is 1. The highest BCUT2D eigenvalue weighted by Crippen LogP contribution is 2.21. The van der Waals surface area contributed by atoms with Gasteiger partial charge in [0.15, 0.2) is 0 Å². The molecule has 0 radical (unpaired) electrons. The zero-order valence-electron chi connectivity index (χ0n) is 13.3. The van der Waals surface area contributed by atoms with E-state index in [4.69, 9.17) is 4.98 Å². The van der Waals surface area contributed by atoms with Gasteiger partial charge in [0.1, 0.15) is 5.82 Å². The molecule has 0 bridgehead atoms. The molecule has 21 heavy (non-hydrogen) atoms. The Kier molecular flexibility index (Phi) is 3.76. The van der Waals surface area contributed by atoms with Gasteiger partial charge in [-0.1, -0.05) is 13.8 Å². The fraction of sp³-hybridized carbons (Fsp3) is 0.562. The first-order valence-corrected chi connectivity index (χ1v) is 7.62. The third-order valence-electron chi connectivity index (χ3n) is 4.21. The summed E-state index contributed by atoms with van der Waals surface area (Å²) in [6.45, 7) is 11.4. The number of aryl methyl sites for hydroxylation is 2. The van der Waals surface area contributed by atoms with Crippen molar-refractivity contribution in [2.24, 2.45) is 0 Å². The zero-order chi connectivity index (χ0) is 15.0. The van der Waals surface area contributed by atoms with Crippen LogP contribution in [0, 0.1) is 13.8 Å². The molecule has 3 rings (SSSR count). The summed E-state index contributed by atoms with van der Waals surface area (Å²) < 4.78 is 0. The monoisotopic (exact) mass is 285 g/mol. The Morgan fingerprint density at radius 1 is 1.33 bits per heavy atom. The maximum atomic E-state index is 4.72. The summed E-state index contributed by atoms with van der Waals surface area (Å²) in [5, 5.41) is 7.34. The van der Waals surface area contributed by atoms with E-state index in [0.717, 1.165) is 37.6 Å². The summed E-state index contributed by atoms with van der Waals surface area (Å²) >= 11 is 0. The second kappa shape index (κ2) is 5.56. The second-order valence-corrected chi connectivity index (χ2v) is 6.23. The summed E-state index contributed by atoms with van der Waals surface area (Å²) in [5.74, 6) is 1.35. The van der Waals surface area contributed by atoms with Crippen molar-refractivity contribution in [3.63, 3.8) is 0 Å². The molecule has 0 unspecified atom stereocenters. The molecule has 0 saturated carbocycles. The average molecular weight is 285 g/mol. The normalized spacial score (nSPS) is 15.5. The molecule has 0 aromatic carbocycles. The maximum Gasteiger partial charge on any atom is 0.131 e. The van der Waals surface area contributed by atoms with E-state index in [-0.39, 0.29) is 0 Å². The molecule has 2 aromatic rings. The van der Waals surface area contributed by atoms with E-state index in [1.54, 1.807) is 0 Å². The molecule has 1 aliphatic heterocycles. The third-order valence-corrected chi connectivity index (χ3v) is 4.21. The van der Waals surface area contributed by atoms with Gasteiger partial charge >= 0.3 is 0 Å². The molecule has 3 heterocycles. The van der Waals surface area contributed by atoms with Crippen molar-refractivity contribution in [2.75, 3.05) is 6.54 Å². The number of hydrogen-bond donors (Lipinski definition) is 1. The number of fused-ring (bicyclic) bond motifs is 1. The van der Waals surface area contributed by atoms with Gasteiger partial charge in [-0.2, -0.15) is 5.10 Å². The number of hydrogen-bond acceptors (Lipinski definition) is 4. The molecular formula is C16H23N5. The Labute approximate surface area is 125 Å². The fourth-order valence-electron chi connectivity index (χ4n) is 2.83. The lowest BCUT2D eigenvalue weighted by Crippen LogP contribution is -2.31. The summed E-state index contributed by atoms with van der Waals surface area (Å²) in [6, 6.07) is 0. The van der Waals surface area contributed by atoms with Gasteiger partial charge in [0.25, 0.3) is 0 Å². The Bertz CT molecular complexity index is 625. The van der Waals surface area contributed by atoms with Crippen LogP contribution in [0.15, 0.2) is 6.20 Å². The highest BCUT2D eigenvalue weighted by atomic mass is 15.2. The van der Waals surface area contributed by atoms with Crippen molar-refractivity contribution in [1.29, 1.82) is 0 Å². The van der Waals surface area contributed by atoms with E-state index >= 15 is 0 Å². The van der Waals surface area contributed by atoms with Gasteiger partial charge < -0.3 is 0 Å². The van der Waals surface area contributed by atoms with Crippen LogP contribution in [0.25, 0.3) is 0 Å². The van der Waals surface area contributed by atoms with E-state index in [1.165, 1.54) is 22.5 Å². The van der Waals surface area contributed by atoms with Crippen LogP contribution in [0.1, 0.15) is 53.8 Å². The zero-order valence-corrected chi connectivity index (χ0v) is 13.3. The second-order valence-electron chi connectivity index (χ2n) is 6.23. The molecule has 0 saturated heterocycles. The lowest BCUT2D eigenvalue weighted by Gasteiger charge is -2.28. The van der Waals surface area contributed by atoms with E-state index in [0.29, 0.717) is 5.92 Å². The number of aromatic amines is 1. The third kappa shape index (κ3) is 2.83. The molecule has 0 spiro atoms. The van der Waals surface area contributed by atoms with Gasteiger partial charge in [-0.25, -0.2) is 9.97 Å². The molecule has 0 aliphatic carbocycles. The van der Waals surface area contributed by atoms with Crippen molar-refractivity contribution >= 4 is 0 Å². The van der Waals surface area contributed by atoms with Crippen molar-refractivity contribution in [2.45, 2.75) is 53.1 Å². The summed E-state index contributed by atoms with van der Waals surface area (Å²) in [5.41, 5.74) is 6.09. The standard InChI is InChI=1S/C16H23N5/c1-10(2)16-17-7-13-8-21(6-5-15(13)18-16)9-14-11(3)19-20-12(14)4/h7,10H,5-6,8-9H2,1-4H3,(H,19,20). The largest absolute Gasteiger partial charge is 0.294 e. The topological polar surface area (TPSA) is 57.7 Å². The number of rotatable bonds is 3. The van der Waals surface area contributed by atoms with Crippen LogP contribution in [0.4, 0.5) is 0 Å². The van der Waals surface area contributed by atoms with E-state index in [1.807, 2.05) is 6.20 Å². The summed E-state index contributed by atoms with van der Waals surface area (Å²) in [7, 11) is 0. The molecule has 0 fully saturated rings. The molecular weight excluding hydrogens is 262 g/mol. The van der Waals surface area contributed by atoms with Gasteiger partial charge in [-0.3, -0.25) is 10.00 Å². The van der Waals surface area contributed by atoms with Gasteiger partial charge in [0, 0.05) is 60.7 Å². The van der Waals surface area contributed by atoms with E-state index in [9.17, 15) is 0 Å². The van der Waals surface area contributed by atoms with Crippen LogP contribution in [0.2, 0.25) is 0 Å². The smallest absolute Gasteiger partial charge is 0.131 e. The van der Waals surface area contributed by atoms with Crippen LogP contribution < -0.4 is 0 Å². The summed E-state index contributed by atoms with van der Waals surface area (Å²) in [4.78, 5) is 11.7. The van der Waals surface area contributed by atoms with Crippen LogP contribution >= 0.6 is 0 Å². The van der Waals surface area contributed by atoms with Crippen molar-refractivity contribution in [3.8, 4) is 0 Å². The Hall–Kier alpha value is -1.75. The SMILES string of the molecule is Cc1n[nH]c(C)c1CN1CCc2nc(C(C)C)ncc2C1. The first-order valence-electron chi connectivity index (χ1n) is 7.62. The quantitative estimate of drug-likeness (QED) is 0.941. The predicted octanol–water partition coefficient (Wildman–Crippen LogP) is 2.50. The van der Waals surface area contributed by atoms with Gasteiger partial charge in [-0.05, 0) is 13.8 Å². The number of aromatic nitrogens is 4. The summed E-state index contributed by atoms with van der Waals surface area (Å²) in [6.07, 6.45) is 3.02. The van der Waals surface area contributed by atoms with Gasteiger partial charge in [0.05, 0.1) is 5.69 Å². The van der Waals surface area contributed by atoms with Crippen molar-refractivity contribution < 1.29 is 0 Å². The first-order chi connectivity index (χ1) is 10.0. The lowest BCUT2D eigenvalue weighted by molar-refractivity contribution is 0.241. The van der Waals surface area contributed by atoms with Crippen molar-refractivity contribution in [1.82, 2.24) is 25.1 Å². The highest BCUT2D eigenvalue weighted by molar-refractivity contribution is 5.25. The Morgan fingerprint density at radius 3 is 2.81 bits per heavy atom. The minimum atomic E-state index is 0.393. The van der Waals surface area contributed by atoms with Crippen LogP contribution in [0.3, 0.4) is 0 Å². The molecule has 112 valence electrons. The van der Waals surface area contributed by atoms with Crippen LogP contribution in [0.5, 0.6) is 0 Å². The molecule has 1 aliphatic rings. The fourth-order valence-corrected chi connectivity index (χ4v) is 2.83. The molecule has 0 atom stereocenters. The minimum Gasteiger partial charge on any atom is -0.294 e.